The topological polar surface area (TPSA) is 44.5 Å². The van der Waals surface area contributed by atoms with E-state index in [0.29, 0.717) is 6.54 Å². The Hall–Kier alpha value is -1.06. The molecule has 0 aliphatic heterocycles. The summed E-state index contributed by atoms with van der Waals surface area (Å²) in [4.78, 5) is 0. The van der Waals surface area contributed by atoms with Crippen LogP contribution in [0.4, 0.5) is 0 Å². The average Bonchev–Trinajstić information content (AvgIpc) is 2.49. The molecule has 1 unspecified atom stereocenters. The van der Waals surface area contributed by atoms with E-state index in [4.69, 9.17) is 15.2 Å². The lowest BCUT2D eigenvalue weighted by Crippen LogP contribution is -2.43. The Kier molecular flexibility index (Phi) is 4.83. The molecule has 1 atom stereocenters. The molecule has 1 saturated carbocycles. The predicted octanol–water partition coefficient (Wildman–Crippen LogP) is 3.09. The van der Waals surface area contributed by atoms with Crippen LogP contribution in [0.1, 0.15) is 43.6 Å². The Morgan fingerprint density at radius 3 is 2.21 bits per heavy atom. The van der Waals surface area contributed by atoms with Gasteiger partial charge in [-0.2, -0.15) is 0 Å². The monoisotopic (exact) mass is 263 g/mol. The first-order valence-corrected chi connectivity index (χ1v) is 7.15. The highest BCUT2D eigenvalue weighted by Gasteiger charge is 2.40. The fourth-order valence-corrected chi connectivity index (χ4v) is 3.34. The highest BCUT2D eigenvalue weighted by atomic mass is 16.5. The van der Waals surface area contributed by atoms with Crippen molar-refractivity contribution in [2.24, 2.45) is 5.73 Å². The third-order valence-electron chi connectivity index (χ3n) is 4.50. The largest absolute Gasteiger partial charge is 0.497 e. The summed E-state index contributed by atoms with van der Waals surface area (Å²) in [5.74, 6) is 1.15. The molecule has 0 saturated heterocycles. The summed E-state index contributed by atoms with van der Waals surface area (Å²) in [5, 5.41) is 0. The molecule has 2 rings (SSSR count). The molecule has 3 nitrogen and oxygen atoms in total. The van der Waals surface area contributed by atoms with Crippen LogP contribution in [0.25, 0.3) is 0 Å². The second-order valence-corrected chi connectivity index (χ2v) is 5.39. The summed E-state index contributed by atoms with van der Waals surface area (Å²) < 4.78 is 11.1. The van der Waals surface area contributed by atoms with Gasteiger partial charge in [0.05, 0.1) is 12.7 Å². The Morgan fingerprint density at radius 1 is 1.11 bits per heavy atom. The zero-order valence-electron chi connectivity index (χ0n) is 12.0. The smallest absolute Gasteiger partial charge is 0.118 e. The van der Waals surface area contributed by atoms with E-state index in [9.17, 15) is 0 Å². The Labute approximate surface area is 116 Å². The number of benzene rings is 1. The minimum absolute atomic E-state index is 0.0818. The summed E-state index contributed by atoms with van der Waals surface area (Å²) >= 11 is 0. The molecule has 0 aromatic heterocycles. The van der Waals surface area contributed by atoms with Crippen LogP contribution < -0.4 is 10.5 Å². The van der Waals surface area contributed by atoms with Crippen molar-refractivity contribution in [1.82, 2.24) is 0 Å². The minimum Gasteiger partial charge on any atom is -0.497 e. The van der Waals surface area contributed by atoms with E-state index in [2.05, 4.69) is 12.1 Å². The van der Waals surface area contributed by atoms with Crippen LogP contribution >= 0.6 is 0 Å². The number of nitrogens with two attached hydrogens (primary N) is 1. The third-order valence-corrected chi connectivity index (χ3v) is 4.50. The molecule has 0 radical (unpaired) electrons. The molecule has 0 amide bonds. The average molecular weight is 263 g/mol. The lowest BCUT2D eigenvalue weighted by atomic mass is 9.72. The first-order valence-electron chi connectivity index (χ1n) is 7.15. The van der Waals surface area contributed by atoms with Gasteiger partial charge in [-0.25, -0.2) is 0 Å². The van der Waals surface area contributed by atoms with Gasteiger partial charge >= 0.3 is 0 Å². The Balaban J connectivity index is 2.25. The highest BCUT2D eigenvalue weighted by molar-refractivity contribution is 5.31. The molecular formula is C16H25NO2. The molecule has 0 spiro atoms. The summed E-state index contributed by atoms with van der Waals surface area (Å²) in [5.41, 5.74) is 7.23. The SMILES string of the molecule is COc1ccc(C(CN)C2(OC)CCCCC2)cc1. The van der Waals surface area contributed by atoms with Crippen LogP contribution in [0.2, 0.25) is 0 Å². The van der Waals surface area contributed by atoms with Gasteiger partial charge in [0, 0.05) is 19.6 Å². The maximum Gasteiger partial charge on any atom is 0.118 e. The van der Waals surface area contributed by atoms with E-state index in [1.54, 1.807) is 7.11 Å². The summed E-state index contributed by atoms with van der Waals surface area (Å²) in [6, 6.07) is 8.24. The van der Waals surface area contributed by atoms with Gasteiger partial charge in [-0.3, -0.25) is 0 Å². The van der Waals surface area contributed by atoms with Gasteiger partial charge in [0.2, 0.25) is 0 Å². The second kappa shape index (κ2) is 6.40. The van der Waals surface area contributed by atoms with Crippen molar-refractivity contribution in [2.75, 3.05) is 20.8 Å². The number of rotatable bonds is 5. The van der Waals surface area contributed by atoms with Gasteiger partial charge in [0.15, 0.2) is 0 Å². The van der Waals surface area contributed by atoms with E-state index < -0.39 is 0 Å². The lowest BCUT2D eigenvalue weighted by molar-refractivity contribution is -0.0587. The van der Waals surface area contributed by atoms with Crippen LogP contribution in [0.3, 0.4) is 0 Å². The number of ether oxygens (including phenoxy) is 2. The zero-order chi connectivity index (χ0) is 13.7. The quantitative estimate of drug-likeness (QED) is 0.888. The van der Waals surface area contributed by atoms with Crippen LogP contribution in [-0.4, -0.2) is 26.4 Å². The van der Waals surface area contributed by atoms with Crippen molar-refractivity contribution in [3.8, 4) is 5.75 Å². The van der Waals surface area contributed by atoms with Gasteiger partial charge in [0.25, 0.3) is 0 Å². The Morgan fingerprint density at radius 2 is 1.74 bits per heavy atom. The summed E-state index contributed by atoms with van der Waals surface area (Å²) in [6.45, 7) is 0.625. The minimum atomic E-state index is -0.0818. The molecule has 1 aliphatic carbocycles. The van der Waals surface area contributed by atoms with Crippen molar-refractivity contribution in [3.63, 3.8) is 0 Å². The number of hydrogen-bond donors (Lipinski definition) is 1. The second-order valence-electron chi connectivity index (χ2n) is 5.39. The van der Waals surface area contributed by atoms with E-state index >= 15 is 0 Å². The Bertz CT molecular complexity index is 382. The summed E-state index contributed by atoms with van der Waals surface area (Å²) in [6.07, 6.45) is 6.00. The molecule has 3 heteroatoms. The van der Waals surface area contributed by atoms with Crippen molar-refractivity contribution < 1.29 is 9.47 Å². The normalized spacial score (nSPS) is 19.9. The van der Waals surface area contributed by atoms with Crippen LogP contribution in [0, 0.1) is 0 Å². The lowest BCUT2D eigenvalue weighted by Gasteiger charge is -2.42. The van der Waals surface area contributed by atoms with Gasteiger partial charge in [0.1, 0.15) is 5.75 Å². The van der Waals surface area contributed by atoms with E-state index in [-0.39, 0.29) is 11.5 Å². The van der Waals surface area contributed by atoms with Gasteiger partial charge in [-0.15, -0.1) is 0 Å². The maximum absolute atomic E-state index is 6.06. The van der Waals surface area contributed by atoms with Crippen LogP contribution in [-0.2, 0) is 4.74 Å². The molecule has 2 N–H and O–H groups in total. The van der Waals surface area contributed by atoms with Crippen molar-refractivity contribution in [1.29, 1.82) is 0 Å². The molecule has 1 fully saturated rings. The van der Waals surface area contributed by atoms with E-state index in [1.165, 1.54) is 24.8 Å². The fourth-order valence-electron chi connectivity index (χ4n) is 3.34. The molecular weight excluding hydrogens is 238 g/mol. The third kappa shape index (κ3) is 2.93. The summed E-state index contributed by atoms with van der Waals surface area (Å²) in [7, 11) is 3.52. The fraction of sp³-hybridized carbons (Fsp3) is 0.625. The molecule has 1 aromatic carbocycles. The number of hydrogen-bond acceptors (Lipinski definition) is 3. The molecule has 19 heavy (non-hydrogen) atoms. The van der Waals surface area contributed by atoms with Crippen molar-refractivity contribution in [2.45, 2.75) is 43.6 Å². The van der Waals surface area contributed by atoms with E-state index in [0.717, 1.165) is 18.6 Å². The van der Waals surface area contributed by atoms with Gasteiger partial charge in [-0.1, -0.05) is 31.4 Å². The first kappa shape index (κ1) is 14.4. The standard InChI is InChI=1S/C16H25NO2/c1-18-14-8-6-13(7-9-14)15(12-17)16(19-2)10-4-3-5-11-16/h6-9,15H,3-5,10-12,17H2,1-2H3. The number of methoxy groups -OCH3 is 2. The molecule has 0 bridgehead atoms. The molecule has 1 aliphatic rings. The zero-order valence-corrected chi connectivity index (χ0v) is 12.0. The van der Waals surface area contributed by atoms with E-state index in [1.807, 2.05) is 19.2 Å². The van der Waals surface area contributed by atoms with Gasteiger partial charge < -0.3 is 15.2 Å². The van der Waals surface area contributed by atoms with Crippen LogP contribution in [0.5, 0.6) is 5.75 Å². The highest BCUT2D eigenvalue weighted by Crippen LogP contribution is 2.42. The molecule has 1 aromatic rings. The predicted molar refractivity (Wildman–Crippen MR) is 77.6 cm³/mol. The maximum atomic E-state index is 6.06. The van der Waals surface area contributed by atoms with Crippen molar-refractivity contribution in [3.05, 3.63) is 29.8 Å². The van der Waals surface area contributed by atoms with Crippen LogP contribution in [0.15, 0.2) is 24.3 Å². The molecule has 106 valence electrons. The first-order chi connectivity index (χ1) is 9.25. The molecule has 0 heterocycles. The van der Waals surface area contributed by atoms with Crippen molar-refractivity contribution >= 4 is 0 Å². The van der Waals surface area contributed by atoms with Gasteiger partial charge in [-0.05, 0) is 30.5 Å².